The van der Waals surface area contributed by atoms with E-state index in [1.54, 1.807) is 0 Å². The molecule has 1 aliphatic heterocycles. The molecule has 0 aliphatic carbocycles. The predicted molar refractivity (Wildman–Crippen MR) is 143 cm³/mol. The average molecular weight is 512 g/mol. The lowest BCUT2D eigenvalue weighted by molar-refractivity contribution is -0.158. The van der Waals surface area contributed by atoms with Crippen molar-refractivity contribution in [1.29, 1.82) is 0 Å². The molecule has 1 saturated heterocycles. The zero-order valence-electron chi connectivity index (χ0n) is 24.5. The van der Waals surface area contributed by atoms with Gasteiger partial charge in [0.2, 0.25) is 0 Å². The highest BCUT2D eigenvalue weighted by atomic mass is 16.6. The molecule has 1 fully saturated rings. The van der Waals surface area contributed by atoms with Gasteiger partial charge in [-0.15, -0.1) is 0 Å². The molecule has 2 unspecified atom stereocenters. The molecule has 0 amide bonds. The smallest absolute Gasteiger partial charge is 0.320 e. The Bertz CT molecular complexity index is 654. The van der Waals surface area contributed by atoms with Gasteiger partial charge in [-0.2, -0.15) is 0 Å². The summed E-state index contributed by atoms with van der Waals surface area (Å²) in [6.45, 7) is 18.8. The van der Waals surface area contributed by atoms with Crippen LogP contribution in [0.25, 0.3) is 0 Å². The van der Waals surface area contributed by atoms with Gasteiger partial charge in [0.15, 0.2) is 0 Å². The fraction of sp³-hybridized carbons (Fsp3) is 0.897. The zero-order chi connectivity index (χ0) is 27.6. The van der Waals surface area contributed by atoms with Crippen molar-refractivity contribution in [2.24, 2.45) is 11.8 Å². The monoisotopic (exact) mass is 511 g/mol. The van der Waals surface area contributed by atoms with E-state index in [0.717, 1.165) is 58.0 Å². The lowest BCUT2D eigenvalue weighted by Crippen LogP contribution is -2.37. The molecule has 0 radical (unpaired) electrons. The molecule has 1 heterocycles. The number of hydrogen-bond donors (Lipinski definition) is 0. The van der Waals surface area contributed by atoms with Crippen LogP contribution in [0.1, 0.15) is 120 Å². The Balaban J connectivity index is 2.89. The lowest BCUT2D eigenvalue weighted by atomic mass is 9.86. The van der Waals surface area contributed by atoms with Crippen molar-refractivity contribution in [2.75, 3.05) is 19.6 Å². The summed E-state index contributed by atoms with van der Waals surface area (Å²) < 4.78 is 16.7. The van der Waals surface area contributed by atoms with E-state index in [-0.39, 0.29) is 36.3 Å². The standard InChI is InChI=1S/C29H53NO6/c1-27(2,3)34-24(31)19-22-13-11-10-12-17-30(21-26(33)36-29(7,8)9)18-16-23(15-14-22)20-25(32)35-28(4,5)6/h22-23H,10-21H2,1-9H3. The molecule has 0 aromatic heterocycles. The van der Waals surface area contributed by atoms with Crippen molar-refractivity contribution >= 4 is 17.9 Å². The minimum absolute atomic E-state index is 0.126. The normalized spacial score (nSPS) is 21.6. The summed E-state index contributed by atoms with van der Waals surface area (Å²) in [7, 11) is 0. The maximum atomic E-state index is 12.6. The summed E-state index contributed by atoms with van der Waals surface area (Å²) in [6.07, 6.45) is 7.30. The van der Waals surface area contributed by atoms with Gasteiger partial charge in [0.25, 0.3) is 0 Å². The highest BCUT2D eigenvalue weighted by molar-refractivity contribution is 5.72. The topological polar surface area (TPSA) is 82.1 Å². The molecule has 0 spiro atoms. The van der Waals surface area contributed by atoms with Crippen molar-refractivity contribution in [3.05, 3.63) is 0 Å². The molecule has 1 aliphatic rings. The van der Waals surface area contributed by atoms with Crippen molar-refractivity contribution in [3.63, 3.8) is 0 Å². The summed E-state index contributed by atoms with van der Waals surface area (Å²) >= 11 is 0. The van der Waals surface area contributed by atoms with Crippen LogP contribution in [0.2, 0.25) is 0 Å². The van der Waals surface area contributed by atoms with Gasteiger partial charge in [0.05, 0.1) is 6.54 Å². The first kappa shape index (κ1) is 32.4. The molecule has 0 aromatic rings. The summed E-state index contributed by atoms with van der Waals surface area (Å²) in [4.78, 5) is 39.8. The second-order valence-electron chi connectivity index (χ2n) is 13.4. The van der Waals surface area contributed by atoms with Crippen LogP contribution in [0.3, 0.4) is 0 Å². The Morgan fingerprint density at radius 3 is 1.50 bits per heavy atom. The number of ether oxygens (including phenoxy) is 3. The molecule has 7 heteroatoms. The third kappa shape index (κ3) is 16.9. The molecule has 1 rings (SSSR count). The third-order valence-corrected chi connectivity index (χ3v) is 5.95. The molecule has 0 bridgehead atoms. The van der Waals surface area contributed by atoms with Gasteiger partial charge in [0.1, 0.15) is 16.8 Å². The van der Waals surface area contributed by atoms with E-state index in [2.05, 4.69) is 4.90 Å². The van der Waals surface area contributed by atoms with E-state index in [0.29, 0.717) is 12.8 Å². The van der Waals surface area contributed by atoms with Gasteiger partial charge in [-0.3, -0.25) is 19.3 Å². The van der Waals surface area contributed by atoms with Crippen molar-refractivity contribution < 1.29 is 28.6 Å². The van der Waals surface area contributed by atoms with Crippen LogP contribution in [0, 0.1) is 11.8 Å². The quantitative estimate of drug-likeness (QED) is 0.316. The summed E-state index contributed by atoms with van der Waals surface area (Å²) in [5.41, 5.74) is -1.52. The van der Waals surface area contributed by atoms with E-state index < -0.39 is 16.8 Å². The molecule has 36 heavy (non-hydrogen) atoms. The van der Waals surface area contributed by atoms with Gasteiger partial charge in [-0.05, 0) is 119 Å². The van der Waals surface area contributed by atoms with Gasteiger partial charge in [-0.1, -0.05) is 12.8 Å². The summed E-state index contributed by atoms with van der Waals surface area (Å²) in [5, 5.41) is 0. The second-order valence-corrected chi connectivity index (χ2v) is 13.4. The van der Waals surface area contributed by atoms with E-state index in [9.17, 15) is 14.4 Å². The molecule has 7 nitrogen and oxygen atoms in total. The minimum Gasteiger partial charge on any atom is -0.460 e. The number of hydrogen-bond acceptors (Lipinski definition) is 7. The van der Waals surface area contributed by atoms with Crippen LogP contribution in [-0.4, -0.2) is 59.2 Å². The Morgan fingerprint density at radius 1 is 0.583 bits per heavy atom. The van der Waals surface area contributed by atoms with Crippen molar-refractivity contribution in [3.8, 4) is 0 Å². The molecule has 0 N–H and O–H groups in total. The SMILES string of the molecule is CC(C)(C)OC(=O)CC1CCCCCN(CC(=O)OC(C)(C)C)CCC(CC(=O)OC(C)(C)C)CC1. The Labute approximate surface area is 220 Å². The third-order valence-electron chi connectivity index (χ3n) is 5.95. The number of carbonyl (C=O) groups excluding carboxylic acids is 3. The maximum absolute atomic E-state index is 12.6. The van der Waals surface area contributed by atoms with Crippen LogP contribution in [0.4, 0.5) is 0 Å². The zero-order valence-corrected chi connectivity index (χ0v) is 24.5. The van der Waals surface area contributed by atoms with Crippen molar-refractivity contribution in [1.82, 2.24) is 4.90 Å². The molecule has 2 atom stereocenters. The number of esters is 3. The van der Waals surface area contributed by atoms with Crippen LogP contribution in [0.5, 0.6) is 0 Å². The van der Waals surface area contributed by atoms with Gasteiger partial charge >= 0.3 is 17.9 Å². The highest BCUT2D eigenvalue weighted by Gasteiger charge is 2.26. The fourth-order valence-corrected chi connectivity index (χ4v) is 4.54. The molecule has 210 valence electrons. The fourth-order valence-electron chi connectivity index (χ4n) is 4.54. The van der Waals surface area contributed by atoms with Crippen LogP contribution < -0.4 is 0 Å². The van der Waals surface area contributed by atoms with Crippen LogP contribution in [-0.2, 0) is 28.6 Å². The molecular formula is C29H53NO6. The Morgan fingerprint density at radius 2 is 1.03 bits per heavy atom. The first-order chi connectivity index (χ1) is 16.4. The largest absolute Gasteiger partial charge is 0.460 e. The van der Waals surface area contributed by atoms with Crippen LogP contribution in [0.15, 0.2) is 0 Å². The van der Waals surface area contributed by atoms with E-state index in [1.165, 1.54) is 0 Å². The average Bonchev–Trinajstić information content (AvgIpc) is 2.63. The minimum atomic E-state index is -0.523. The number of nitrogens with zero attached hydrogens (tertiary/aromatic N) is 1. The molecular weight excluding hydrogens is 458 g/mol. The van der Waals surface area contributed by atoms with E-state index in [4.69, 9.17) is 14.2 Å². The maximum Gasteiger partial charge on any atom is 0.320 e. The Hall–Kier alpha value is -1.63. The van der Waals surface area contributed by atoms with Gasteiger partial charge in [-0.25, -0.2) is 0 Å². The summed E-state index contributed by atoms with van der Waals surface area (Å²) in [6, 6.07) is 0. The van der Waals surface area contributed by atoms with E-state index >= 15 is 0 Å². The lowest BCUT2D eigenvalue weighted by Gasteiger charge is -2.29. The number of rotatable bonds is 6. The van der Waals surface area contributed by atoms with Crippen LogP contribution >= 0.6 is 0 Å². The van der Waals surface area contributed by atoms with E-state index in [1.807, 2.05) is 62.3 Å². The predicted octanol–water partition coefficient (Wildman–Crippen LogP) is 6.07. The molecule has 0 aromatic carbocycles. The van der Waals surface area contributed by atoms with Gasteiger partial charge in [0, 0.05) is 12.8 Å². The highest BCUT2D eigenvalue weighted by Crippen LogP contribution is 2.28. The van der Waals surface area contributed by atoms with Gasteiger partial charge < -0.3 is 14.2 Å². The first-order valence-electron chi connectivity index (χ1n) is 13.8. The molecule has 0 saturated carbocycles. The van der Waals surface area contributed by atoms with Crippen molar-refractivity contribution in [2.45, 2.75) is 137 Å². The number of carbonyl (C=O) groups is 3. The first-order valence-corrected chi connectivity index (χ1v) is 13.8. The Kier molecular flexibility index (Phi) is 12.9. The second kappa shape index (κ2) is 14.3. The summed E-state index contributed by atoms with van der Waals surface area (Å²) in [5.74, 6) is -0.177.